The second kappa shape index (κ2) is 13.8. The van der Waals surface area contributed by atoms with E-state index >= 15 is 0 Å². The van der Waals surface area contributed by atoms with E-state index in [9.17, 15) is 14.3 Å². The summed E-state index contributed by atoms with van der Waals surface area (Å²) >= 11 is 0. The van der Waals surface area contributed by atoms with E-state index in [0.717, 1.165) is 16.7 Å². The van der Waals surface area contributed by atoms with E-state index in [1.54, 1.807) is 42.3 Å². The highest BCUT2D eigenvalue weighted by molar-refractivity contribution is 6.06. The van der Waals surface area contributed by atoms with Crippen LogP contribution in [0, 0.1) is 11.8 Å². The number of hydrogen-bond donors (Lipinski definition) is 2. The molecule has 1 amide bonds. The molecule has 0 radical (unpaired) electrons. The Morgan fingerprint density at radius 2 is 1.49 bits per heavy atom. The smallest absolute Gasteiger partial charge is 0.256 e. The van der Waals surface area contributed by atoms with E-state index < -0.39 is 23.5 Å². The predicted octanol–water partition coefficient (Wildman–Crippen LogP) is 6.73. The van der Waals surface area contributed by atoms with Gasteiger partial charge in [0, 0.05) is 24.0 Å². The van der Waals surface area contributed by atoms with Crippen molar-refractivity contribution in [2.24, 2.45) is 11.8 Å². The molecular formula is C39H34FN5O4. The minimum Gasteiger partial charge on any atom is -0.497 e. The van der Waals surface area contributed by atoms with Gasteiger partial charge in [0.25, 0.3) is 5.91 Å². The van der Waals surface area contributed by atoms with Crippen molar-refractivity contribution >= 4 is 22.9 Å². The molecule has 0 unspecified atom stereocenters. The standard InChI is InChI=1S/C39H34FN5O4/c1-48-30-19-17-29(18-20-30)39(27-13-7-3-8-14-27,28-15-9-4-10-16-28)49-23-33-31(21-40)35(32(33)22-46)45-25-43-34-36(41-24-42-37(34)45)44-38(47)26-11-5-2-6-12-26/h2-21,24-25,32-33,35,46H,22-23H2,1H3,(H,41,42,44,47)/b31-21+/t32-,33+,35-/m0/s1. The number of aliphatic hydroxyl groups is 1. The lowest BCUT2D eigenvalue weighted by Crippen LogP contribution is -2.47. The second-order valence-corrected chi connectivity index (χ2v) is 11.8. The number of fused-ring (bicyclic) bond motifs is 1. The number of carbonyl (C=O) groups is 1. The van der Waals surface area contributed by atoms with Gasteiger partial charge in [0.05, 0.1) is 32.4 Å². The lowest BCUT2D eigenvalue weighted by Gasteiger charge is -2.48. The molecule has 1 aliphatic carbocycles. The van der Waals surface area contributed by atoms with Gasteiger partial charge in [0.2, 0.25) is 0 Å². The third-order valence-corrected chi connectivity index (χ3v) is 9.29. The number of ether oxygens (including phenoxy) is 2. The van der Waals surface area contributed by atoms with E-state index in [1.165, 1.54) is 6.33 Å². The molecule has 0 aliphatic heterocycles. The van der Waals surface area contributed by atoms with E-state index in [4.69, 9.17) is 9.47 Å². The molecule has 4 aromatic carbocycles. The Labute approximate surface area is 282 Å². The van der Waals surface area contributed by atoms with E-state index in [2.05, 4.69) is 20.3 Å². The van der Waals surface area contributed by atoms with Crippen LogP contribution >= 0.6 is 0 Å². The number of aliphatic hydroxyl groups excluding tert-OH is 1. The van der Waals surface area contributed by atoms with Gasteiger partial charge in [-0.3, -0.25) is 4.79 Å². The van der Waals surface area contributed by atoms with Gasteiger partial charge < -0.3 is 24.5 Å². The van der Waals surface area contributed by atoms with Gasteiger partial charge in [-0.2, -0.15) is 0 Å². The summed E-state index contributed by atoms with van der Waals surface area (Å²) < 4.78 is 29.1. The summed E-state index contributed by atoms with van der Waals surface area (Å²) in [6, 6.07) is 35.8. The van der Waals surface area contributed by atoms with Crippen LogP contribution in [-0.4, -0.2) is 50.9 Å². The first-order valence-corrected chi connectivity index (χ1v) is 15.9. The summed E-state index contributed by atoms with van der Waals surface area (Å²) in [5.41, 5.74) is 3.28. The molecule has 246 valence electrons. The molecular weight excluding hydrogens is 621 g/mol. The van der Waals surface area contributed by atoms with Crippen molar-refractivity contribution in [3.63, 3.8) is 0 Å². The highest BCUT2D eigenvalue weighted by Crippen LogP contribution is 2.52. The van der Waals surface area contributed by atoms with Gasteiger partial charge in [-0.25, -0.2) is 19.3 Å². The summed E-state index contributed by atoms with van der Waals surface area (Å²) in [5.74, 6) is -0.273. The number of methoxy groups -OCH3 is 1. The monoisotopic (exact) mass is 655 g/mol. The number of imidazole rings is 1. The van der Waals surface area contributed by atoms with Crippen LogP contribution in [-0.2, 0) is 10.3 Å². The summed E-state index contributed by atoms with van der Waals surface area (Å²) in [5, 5.41) is 13.5. The van der Waals surface area contributed by atoms with Crippen LogP contribution < -0.4 is 10.1 Å². The molecule has 1 saturated carbocycles. The van der Waals surface area contributed by atoms with Crippen LogP contribution in [0.15, 0.2) is 140 Å². The Balaban J connectivity index is 1.22. The SMILES string of the molecule is COc1ccc(C(OC[C@@H]2/C(=C\F)[C@H](n3cnc4c(NC(=O)c5ccccc5)ncnc43)[C@H]2CO)(c2ccccc2)c2ccccc2)cc1. The molecule has 0 spiro atoms. The van der Waals surface area contributed by atoms with Crippen LogP contribution in [0.3, 0.4) is 0 Å². The minimum absolute atomic E-state index is 0.104. The maximum absolute atomic E-state index is 14.9. The maximum atomic E-state index is 14.9. The number of halogens is 1. The van der Waals surface area contributed by atoms with Crippen molar-refractivity contribution in [1.29, 1.82) is 0 Å². The number of benzene rings is 4. The van der Waals surface area contributed by atoms with Crippen molar-refractivity contribution in [3.8, 4) is 5.75 Å². The van der Waals surface area contributed by atoms with Gasteiger partial charge in [-0.15, -0.1) is 0 Å². The molecule has 9 nitrogen and oxygen atoms in total. The van der Waals surface area contributed by atoms with Crippen LogP contribution in [0.5, 0.6) is 5.75 Å². The molecule has 1 fully saturated rings. The van der Waals surface area contributed by atoms with Crippen molar-refractivity contribution in [1.82, 2.24) is 19.5 Å². The number of anilines is 1. The zero-order chi connectivity index (χ0) is 33.8. The van der Waals surface area contributed by atoms with E-state index in [0.29, 0.717) is 34.4 Å². The fourth-order valence-electron chi connectivity index (χ4n) is 6.83. The fourth-order valence-corrected chi connectivity index (χ4v) is 6.83. The molecule has 0 bridgehead atoms. The Morgan fingerprint density at radius 1 is 0.878 bits per heavy atom. The topological polar surface area (TPSA) is 111 Å². The molecule has 49 heavy (non-hydrogen) atoms. The quantitative estimate of drug-likeness (QED) is 0.149. The number of amides is 1. The van der Waals surface area contributed by atoms with E-state index in [1.807, 2.05) is 91.0 Å². The van der Waals surface area contributed by atoms with E-state index in [-0.39, 0.29) is 24.9 Å². The summed E-state index contributed by atoms with van der Waals surface area (Å²) in [4.78, 5) is 26.1. The average Bonchev–Trinajstić information content (AvgIpc) is 3.58. The summed E-state index contributed by atoms with van der Waals surface area (Å²) in [6.07, 6.45) is 3.47. The molecule has 0 saturated heterocycles. The molecule has 2 aromatic heterocycles. The Kier molecular flexibility index (Phi) is 8.97. The fraction of sp³-hybridized carbons (Fsp3) is 0.179. The molecule has 10 heteroatoms. The first kappa shape index (κ1) is 31.9. The maximum Gasteiger partial charge on any atom is 0.256 e. The van der Waals surface area contributed by atoms with Gasteiger partial charge >= 0.3 is 0 Å². The van der Waals surface area contributed by atoms with Gasteiger partial charge in [0.15, 0.2) is 17.0 Å². The van der Waals surface area contributed by atoms with Gasteiger partial charge in [-0.1, -0.05) is 91.0 Å². The van der Waals surface area contributed by atoms with Crippen molar-refractivity contribution in [2.75, 3.05) is 25.6 Å². The average molecular weight is 656 g/mol. The molecule has 1 aliphatic rings. The summed E-state index contributed by atoms with van der Waals surface area (Å²) in [7, 11) is 1.62. The van der Waals surface area contributed by atoms with Crippen LogP contribution in [0.4, 0.5) is 10.2 Å². The summed E-state index contributed by atoms with van der Waals surface area (Å²) in [6.45, 7) is -0.127. The zero-order valence-corrected chi connectivity index (χ0v) is 26.7. The van der Waals surface area contributed by atoms with Gasteiger partial charge in [0.1, 0.15) is 17.7 Å². The van der Waals surface area contributed by atoms with Crippen molar-refractivity contribution in [3.05, 3.63) is 162 Å². The first-order chi connectivity index (χ1) is 24.1. The predicted molar refractivity (Wildman–Crippen MR) is 184 cm³/mol. The number of aromatic nitrogens is 4. The number of carbonyl (C=O) groups excluding carboxylic acids is 1. The highest BCUT2D eigenvalue weighted by Gasteiger charge is 2.49. The van der Waals surface area contributed by atoms with Crippen LogP contribution in [0.1, 0.15) is 33.1 Å². The zero-order valence-electron chi connectivity index (χ0n) is 26.7. The third-order valence-electron chi connectivity index (χ3n) is 9.29. The normalized spacial score (nSPS) is 18.3. The van der Waals surface area contributed by atoms with Crippen LogP contribution in [0.2, 0.25) is 0 Å². The lowest BCUT2D eigenvalue weighted by molar-refractivity contribution is -0.0443. The molecule has 2 N–H and O–H groups in total. The highest BCUT2D eigenvalue weighted by atomic mass is 19.1. The molecule has 6 aromatic rings. The van der Waals surface area contributed by atoms with Gasteiger partial charge in [-0.05, 0) is 46.5 Å². The minimum atomic E-state index is -1.05. The van der Waals surface area contributed by atoms with Crippen molar-refractivity contribution < 1.29 is 23.8 Å². The molecule has 2 heterocycles. The Bertz CT molecular complexity index is 2030. The van der Waals surface area contributed by atoms with Crippen LogP contribution in [0.25, 0.3) is 11.2 Å². The largest absolute Gasteiger partial charge is 0.497 e. The molecule has 7 rings (SSSR count). The van der Waals surface area contributed by atoms with Crippen molar-refractivity contribution in [2.45, 2.75) is 11.6 Å². The number of hydrogen-bond acceptors (Lipinski definition) is 7. The number of nitrogens with zero attached hydrogens (tertiary/aromatic N) is 4. The molecule has 3 atom stereocenters. The Hall–Kier alpha value is -5.71. The Morgan fingerprint density at radius 3 is 2.08 bits per heavy atom. The third kappa shape index (κ3) is 5.75. The lowest BCUT2D eigenvalue weighted by atomic mass is 9.65. The second-order valence-electron chi connectivity index (χ2n) is 11.8. The first-order valence-electron chi connectivity index (χ1n) is 15.9. The number of rotatable bonds is 11. The number of nitrogens with one attached hydrogen (secondary N) is 1.